The summed E-state index contributed by atoms with van der Waals surface area (Å²) in [6.07, 6.45) is 0. The molecule has 1 aromatic heterocycles. The summed E-state index contributed by atoms with van der Waals surface area (Å²) < 4.78 is 33.7. The topological polar surface area (TPSA) is 76.5 Å². The third-order valence-electron chi connectivity index (χ3n) is 3.55. The average molecular weight is 318 g/mol. The zero-order valence-electron chi connectivity index (χ0n) is 13.7. The van der Waals surface area contributed by atoms with Crippen LogP contribution in [-0.2, 0) is 21.3 Å². The minimum absolute atomic E-state index is 0.237. The maximum absolute atomic E-state index is 12.8. The van der Waals surface area contributed by atoms with Gasteiger partial charge in [-0.25, -0.2) is 8.42 Å². The molecule has 7 nitrogen and oxygen atoms in total. The van der Waals surface area contributed by atoms with Gasteiger partial charge in [-0.05, 0) is 27.8 Å². The molecule has 0 aromatic carbocycles. The molecule has 0 aliphatic heterocycles. The van der Waals surface area contributed by atoms with Crippen LogP contribution in [0, 0.1) is 13.8 Å². The molecule has 0 aliphatic carbocycles. The lowest BCUT2D eigenvalue weighted by Gasteiger charge is -2.23. The number of aryl methyl sites for hydroxylation is 1. The van der Waals surface area contributed by atoms with E-state index in [-0.39, 0.29) is 6.04 Å². The van der Waals surface area contributed by atoms with Crippen molar-refractivity contribution in [2.24, 2.45) is 0 Å². The van der Waals surface area contributed by atoms with Crippen LogP contribution in [0.1, 0.15) is 18.3 Å². The number of aromatic nitrogens is 2. The minimum Gasteiger partial charge on any atom is -0.383 e. The Morgan fingerprint density at radius 1 is 1.43 bits per heavy atom. The predicted octanol–water partition coefficient (Wildman–Crippen LogP) is 0.375. The first-order chi connectivity index (χ1) is 9.77. The molecule has 0 spiro atoms. The van der Waals surface area contributed by atoms with Crippen LogP contribution in [0.25, 0.3) is 0 Å². The van der Waals surface area contributed by atoms with Gasteiger partial charge in [-0.3, -0.25) is 4.68 Å². The van der Waals surface area contributed by atoms with E-state index in [4.69, 9.17) is 4.74 Å². The molecule has 0 amide bonds. The number of hydrogen-bond donors (Lipinski definition) is 1. The van der Waals surface area contributed by atoms with Gasteiger partial charge in [0.05, 0.1) is 24.5 Å². The molecule has 1 atom stereocenters. The van der Waals surface area contributed by atoms with Crippen LogP contribution in [0.5, 0.6) is 0 Å². The highest BCUT2D eigenvalue weighted by Crippen LogP contribution is 2.24. The summed E-state index contributed by atoms with van der Waals surface area (Å²) in [6, 6.07) is -0.237. The van der Waals surface area contributed by atoms with E-state index in [2.05, 4.69) is 10.4 Å². The molecule has 1 rings (SSSR count). The van der Waals surface area contributed by atoms with Gasteiger partial charge in [-0.2, -0.15) is 9.40 Å². The summed E-state index contributed by atoms with van der Waals surface area (Å²) in [5.41, 5.74) is 1.19. The zero-order chi connectivity index (χ0) is 16.2. The summed E-state index contributed by atoms with van der Waals surface area (Å²) in [7, 11) is 1.41. The molecular formula is C13H26N4O3S. The number of sulfonamides is 1. The number of methoxy groups -OCH3 is 1. The Hall–Kier alpha value is -0.960. The molecule has 122 valence electrons. The van der Waals surface area contributed by atoms with Crippen molar-refractivity contribution in [2.45, 2.75) is 38.3 Å². The van der Waals surface area contributed by atoms with E-state index in [9.17, 15) is 8.42 Å². The van der Waals surface area contributed by atoms with Crippen LogP contribution in [-0.4, -0.2) is 62.9 Å². The van der Waals surface area contributed by atoms with Crippen molar-refractivity contribution in [1.29, 1.82) is 0 Å². The van der Waals surface area contributed by atoms with Crippen molar-refractivity contribution in [3.63, 3.8) is 0 Å². The Morgan fingerprint density at radius 2 is 2.05 bits per heavy atom. The van der Waals surface area contributed by atoms with Gasteiger partial charge in [0, 0.05) is 26.7 Å². The Balaban J connectivity index is 3.17. The molecule has 1 N–H and O–H groups in total. The maximum Gasteiger partial charge on any atom is 0.246 e. The second kappa shape index (κ2) is 7.35. The van der Waals surface area contributed by atoms with E-state index < -0.39 is 10.0 Å². The summed E-state index contributed by atoms with van der Waals surface area (Å²) in [5, 5.41) is 7.37. The van der Waals surface area contributed by atoms with E-state index >= 15 is 0 Å². The van der Waals surface area contributed by atoms with Gasteiger partial charge >= 0.3 is 0 Å². The zero-order valence-corrected chi connectivity index (χ0v) is 14.5. The molecule has 21 heavy (non-hydrogen) atoms. The second-order valence-corrected chi connectivity index (χ2v) is 7.09. The normalized spacial score (nSPS) is 13.9. The van der Waals surface area contributed by atoms with E-state index in [1.807, 2.05) is 14.0 Å². The lowest BCUT2D eigenvalue weighted by Crippen LogP contribution is -2.38. The van der Waals surface area contributed by atoms with E-state index in [1.165, 1.54) is 4.31 Å². The summed E-state index contributed by atoms with van der Waals surface area (Å²) in [6.45, 7) is 7.05. The highest BCUT2D eigenvalue weighted by Gasteiger charge is 2.31. The molecule has 0 aliphatic rings. The number of nitrogens with zero attached hydrogens (tertiary/aromatic N) is 3. The van der Waals surface area contributed by atoms with Gasteiger partial charge in [0.25, 0.3) is 0 Å². The lowest BCUT2D eigenvalue weighted by molar-refractivity contribution is 0.149. The van der Waals surface area contributed by atoms with Gasteiger partial charge < -0.3 is 10.1 Å². The molecule has 8 heteroatoms. The molecule has 0 fully saturated rings. The molecule has 1 unspecified atom stereocenters. The Labute approximate surface area is 127 Å². The van der Waals surface area contributed by atoms with Crippen LogP contribution < -0.4 is 5.32 Å². The summed E-state index contributed by atoms with van der Waals surface area (Å²) in [5.74, 6) is 0. The fourth-order valence-corrected chi connectivity index (χ4v) is 3.93. The second-order valence-electron chi connectivity index (χ2n) is 5.15. The van der Waals surface area contributed by atoms with Crippen LogP contribution >= 0.6 is 0 Å². The molecule has 1 heterocycles. The third-order valence-corrected chi connectivity index (χ3v) is 5.78. The Kier molecular flexibility index (Phi) is 6.33. The smallest absolute Gasteiger partial charge is 0.246 e. The Bertz CT molecular complexity index is 568. The Morgan fingerprint density at radius 3 is 2.57 bits per heavy atom. The summed E-state index contributed by atoms with van der Waals surface area (Å²) in [4.78, 5) is 0.295. The first kappa shape index (κ1) is 18.1. The van der Waals surface area contributed by atoms with Gasteiger partial charge in [-0.15, -0.1) is 0 Å². The van der Waals surface area contributed by atoms with Crippen molar-refractivity contribution in [3.05, 3.63) is 11.4 Å². The SMILES string of the molecule is CNCCn1nc(C)c(S(=O)(=O)N(C)C(C)COC)c1C. The molecule has 0 radical (unpaired) electrons. The quantitative estimate of drug-likeness (QED) is 0.750. The molecule has 0 saturated carbocycles. The van der Waals surface area contributed by atoms with Crippen molar-refractivity contribution in [3.8, 4) is 0 Å². The average Bonchev–Trinajstić information content (AvgIpc) is 2.70. The van der Waals surface area contributed by atoms with E-state index in [0.717, 1.165) is 6.54 Å². The monoisotopic (exact) mass is 318 g/mol. The van der Waals surface area contributed by atoms with Gasteiger partial charge in [-0.1, -0.05) is 0 Å². The lowest BCUT2D eigenvalue weighted by atomic mass is 10.4. The largest absolute Gasteiger partial charge is 0.383 e. The van der Waals surface area contributed by atoms with E-state index in [0.29, 0.717) is 29.4 Å². The standard InChI is InChI=1S/C13H26N4O3S/c1-10(9-20-6)16(5)21(18,19)13-11(2)15-17(12(13)3)8-7-14-4/h10,14H,7-9H2,1-6H3. The molecular weight excluding hydrogens is 292 g/mol. The van der Waals surface area contributed by atoms with Crippen LogP contribution in [0.15, 0.2) is 4.90 Å². The number of likely N-dealkylation sites (N-methyl/N-ethyl adjacent to an activating group) is 2. The number of nitrogens with one attached hydrogen (secondary N) is 1. The highest BCUT2D eigenvalue weighted by molar-refractivity contribution is 7.89. The number of hydrogen-bond acceptors (Lipinski definition) is 5. The maximum atomic E-state index is 12.8. The van der Waals surface area contributed by atoms with Crippen LogP contribution in [0.2, 0.25) is 0 Å². The van der Waals surface area contributed by atoms with Crippen LogP contribution in [0.3, 0.4) is 0 Å². The van der Waals surface area contributed by atoms with Crippen molar-refractivity contribution in [1.82, 2.24) is 19.4 Å². The fraction of sp³-hybridized carbons (Fsp3) is 0.769. The van der Waals surface area contributed by atoms with Crippen LogP contribution in [0.4, 0.5) is 0 Å². The number of rotatable bonds is 8. The molecule has 1 aromatic rings. The van der Waals surface area contributed by atoms with Gasteiger partial charge in [0.2, 0.25) is 10.0 Å². The first-order valence-corrected chi connectivity index (χ1v) is 8.37. The highest BCUT2D eigenvalue weighted by atomic mass is 32.2. The molecule has 0 bridgehead atoms. The number of ether oxygens (including phenoxy) is 1. The fourth-order valence-electron chi connectivity index (χ4n) is 2.22. The van der Waals surface area contributed by atoms with Crippen molar-refractivity contribution in [2.75, 3.05) is 34.4 Å². The molecule has 0 saturated heterocycles. The van der Waals surface area contributed by atoms with Crippen molar-refractivity contribution < 1.29 is 13.2 Å². The van der Waals surface area contributed by atoms with E-state index in [1.54, 1.807) is 32.7 Å². The van der Waals surface area contributed by atoms with Crippen molar-refractivity contribution >= 4 is 10.0 Å². The summed E-state index contributed by atoms with van der Waals surface area (Å²) >= 11 is 0. The van der Waals surface area contributed by atoms with Gasteiger partial charge in [0.1, 0.15) is 4.90 Å². The first-order valence-electron chi connectivity index (χ1n) is 6.92. The minimum atomic E-state index is -3.58. The van der Waals surface area contributed by atoms with Gasteiger partial charge in [0.15, 0.2) is 0 Å². The third kappa shape index (κ3) is 3.82. The predicted molar refractivity (Wildman–Crippen MR) is 81.9 cm³/mol.